The van der Waals surface area contributed by atoms with E-state index in [0.29, 0.717) is 12.1 Å². The molecule has 0 aromatic heterocycles. The molecule has 1 spiro atoms. The second-order valence-corrected chi connectivity index (χ2v) is 6.27. The smallest absolute Gasteiger partial charge is 0.170 e. The van der Waals surface area contributed by atoms with Gasteiger partial charge in [-0.15, -0.1) is 0 Å². The number of nitrogens with two attached hydrogens (primary N) is 1. The van der Waals surface area contributed by atoms with Gasteiger partial charge in [-0.1, -0.05) is 0 Å². The minimum absolute atomic E-state index is 0.247. The Balaban J connectivity index is 1.58. The van der Waals surface area contributed by atoms with Gasteiger partial charge in [0.05, 0.1) is 19.3 Å². The SMILES string of the molecule is CCOC1CCN(C2CC3(CCC2N)OCCO3)CC1. The van der Waals surface area contributed by atoms with Crippen molar-refractivity contribution in [2.24, 2.45) is 5.73 Å². The fraction of sp³-hybridized carbons (Fsp3) is 1.00. The summed E-state index contributed by atoms with van der Waals surface area (Å²) in [6, 6.07) is 0.640. The molecule has 3 aliphatic rings. The Morgan fingerprint density at radius 2 is 1.90 bits per heavy atom. The van der Waals surface area contributed by atoms with E-state index in [-0.39, 0.29) is 11.8 Å². The molecule has 3 fully saturated rings. The quantitative estimate of drug-likeness (QED) is 0.841. The molecule has 2 N–H and O–H groups in total. The number of likely N-dealkylation sites (tertiary alicyclic amines) is 1. The van der Waals surface area contributed by atoms with Gasteiger partial charge in [0.15, 0.2) is 5.79 Å². The van der Waals surface area contributed by atoms with Crippen molar-refractivity contribution in [2.75, 3.05) is 32.9 Å². The summed E-state index contributed by atoms with van der Waals surface area (Å²) in [5, 5.41) is 0. The normalized spacial score (nSPS) is 35.7. The number of piperidine rings is 1. The zero-order valence-corrected chi connectivity index (χ0v) is 12.6. The van der Waals surface area contributed by atoms with Crippen molar-refractivity contribution in [3.8, 4) is 0 Å². The van der Waals surface area contributed by atoms with E-state index in [1.54, 1.807) is 0 Å². The molecule has 2 unspecified atom stereocenters. The van der Waals surface area contributed by atoms with E-state index in [0.717, 1.165) is 65.0 Å². The molecule has 2 heterocycles. The summed E-state index contributed by atoms with van der Waals surface area (Å²) in [5.74, 6) is -0.336. The second kappa shape index (κ2) is 6.28. The molecule has 0 aromatic rings. The second-order valence-electron chi connectivity index (χ2n) is 6.27. The van der Waals surface area contributed by atoms with E-state index in [1.165, 1.54) is 0 Å². The maximum atomic E-state index is 6.37. The molecule has 5 nitrogen and oxygen atoms in total. The lowest BCUT2D eigenvalue weighted by Gasteiger charge is -2.46. The van der Waals surface area contributed by atoms with Crippen molar-refractivity contribution in [1.82, 2.24) is 4.90 Å². The third kappa shape index (κ3) is 3.02. The minimum atomic E-state index is -0.336. The van der Waals surface area contributed by atoms with E-state index >= 15 is 0 Å². The maximum absolute atomic E-state index is 6.37. The summed E-state index contributed by atoms with van der Waals surface area (Å²) in [7, 11) is 0. The number of nitrogens with zero attached hydrogens (tertiary/aromatic N) is 1. The Morgan fingerprint density at radius 3 is 2.55 bits per heavy atom. The molecule has 116 valence electrons. The molecule has 0 amide bonds. The molecular formula is C15H28N2O3. The van der Waals surface area contributed by atoms with Crippen LogP contribution >= 0.6 is 0 Å². The highest BCUT2D eigenvalue weighted by Crippen LogP contribution is 2.38. The van der Waals surface area contributed by atoms with Crippen molar-refractivity contribution in [2.45, 2.75) is 63.0 Å². The first-order valence-electron chi connectivity index (χ1n) is 8.11. The Morgan fingerprint density at radius 1 is 1.20 bits per heavy atom. The zero-order chi connectivity index (χ0) is 14.0. The average molecular weight is 284 g/mol. The molecule has 2 saturated heterocycles. The van der Waals surface area contributed by atoms with Gasteiger partial charge in [0.1, 0.15) is 0 Å². The lowest BCUT2D eigenvalue weighted by Crippen LogP contribution is -2.58. The van der Waals surface area contributed by atoms with Crippen LogP contribution in [0.5, 0.6) is 0 Å². The van der Waals surface area contributed by atoms with Crippen LogP contribution in [0, 0.1) is 0 Å². The summed E-state index contributed by atoms with van der Waals surface area (Å²) in [6.45, 7) is 6.52. The molecule has 1 saturated carbocycles. The van der Waals surface area contributed by atoms with Crippen LogP contribution in [0.4, 0.5) is 0 Å². The highest BCUT2D eigenvalue weighted by Gasteiger charge is 2.46. The summed E-state index contributed by atoms with van der Waals surface area (Å²) in [6.07, 6.45) is 5.53. The van der Waals surface area contributed by atoms with Crippen LogP contribution in [-0.4, -0.2) is 61.8 Å². The van der Waals surface area contributed by atoms with Crippen molar-refractivity contribution < 1.29 is 14.2 Å². The lowest BCUT2D eigenvalue weighted by atomic mass is 9.84. The van der Waals surface area contributed by atoms with Gasteiger partial charge in [0, 0.05) is 44.6 Å². The minimum Gasteiger partial charge on any atom is -0.378 e. The van der Waals surface area contributed by atoms with Crippen molar-refractivity contribution >= 4 is 0 Å². The van der Waals surface area contributed by atoms with Gasteiger partial charge in [0.2, 0.25) is 0 Å². The van der Waals surface area contributed by atoms with E-state index in [9.17, 15) is 0 Å². The Hall–Kier alpha value is -0.200. The number of rotatable bonds is 3. The Bertz CT molecular complexity index is 312. The predicted molar refractivity (Wildman–Crippen MR) is 76.5 cm³/mol. The standard InChI is InChI=1S/C15H28N2O3/c1-2-18-12-4-7-17(8-5-12)14-11-15(6-3-13(14)16)19-9-10-20-15/h12-14H,2-11,16H2,1H3. The summed E-state index contributed by atoms with van der Waals surface area (Å²) >= 11 is 0. The van der Waals surface area contributed by atoms with Crippen molar-refractivity contribution in [3.63, 3.8) is 0 Å². The van der Waals surface area contributed by atoms with Gasteiger partial charge < -0.3 is 19.9 Å². The average Bonchev–Trinajstić information content (AvgIpc) is 2.92. The first-order valence-corrected chi connectivity index (χ1v) is 8.11. The molecule has 0 bridgehead atoms. The molecule has 20 heavy (non-hydrogen) atoms. The molecular weight excluding hydrogens is 256 g/mol. The first kappa shape index (κ1) is 14.7. The predicted octanol–water partition coefficient (Wildman–Crippen LogP) is 1.11. The third-order valence-electron chi connectivity index (χ3n) is 5.03. The molecule has 0 radical (unpaired) electrons. The van der Waals surface area contributed by atoms with Gasteiger partial charge in [-0.2, -0.15) is 0 Å². The first-order chi connectivity index (χ1) is 9.72. The lowest BCUT2D eigenvalue weighted by molar-refractivity contribution is -0.193. The number of hydrogen-bond donors (Lipinski definition) is 1. The summed E-state index contributed by atoms with van der Waals surface area (Å²) in [5.41, 5.74) is 6.37. The van der Waals surface area contributed by atoms with Gasteiger partial charge >= 0.3 is 0 Å². The van der Waals surface area contributed by atoms with Crippen LogP contribution in [0.2, 0.25) is 0 Å². The van der Waals surface area contributed by atoms with Crippen LogP contribution in [0.1, 0.15) is 39.0 Å². The fourth-order valence-corrected chi connectivity index (χ4v) is 3.92. The molecule has 3 rings (SSSR count). The van der Waals surface area contributed by atoms with Crippen LogP contribution in [0.25, 0.3) is 0 Å². The highest BCUT2D eigenvalue weighted by molar-refractivity contribution is 4.96. The van der Waals surface area contributed by atoms with Gasteiger partial charge in [-0.25, -0.2) is 0 Å². The number of ether oxygens (including phenoxy) is 3. The van der Waals surface area contributed by atoms with E-state index < -0.39 is 0 Å². The van der Waals surface area contributed by atoms with Gasteiger partial charge in [0.25, 0.3) is 0 Å². The zero-order valence-electron chi connectivity index (χ0n) is 12.6. The number of hydrogen-bond acceptors (Lipinski definition) is 5. The van der Waals surface area contributed by atoms with Crippen molar-refractivity contribution in [1.29, 1.82) is 0 Å². The Kier molecular flexibility index (Phi) is 4.62. The van der Waals surface area contributed by atoms with E-state index in [1.807, 2.05) is 0 Å². The van der Waals surface area contributed by atoms with Crippen LogP contribution in [-0.2, 0) is 14.2 Å². The summed E-state index contributed by atoms with van der Waals surface area (Å²) in [4.78, 5) is 2.53. The van der Waals surface area contributed by atoms with Gasteiger partial charge in [-0.3, -0.25) is 4.90 Å². The molecule has 0 aromatic carbocycles. The molecule has 1 aliphatic carbocycles. The van der Waals surface area contributed by atoms with E-state index in [4.69, 9.17) is 19.9 Å². The van der Waals surface area contributed by atoms with Crippen molar-refractivity contribution in [3.05, 3.63) is 0 Å². The van der Waals surface area contributed by atoms with Gasteiger partial charge in [-0.05, 0) is 26.2 Å². The third-order valence-corrected chi connectivity index (χ3v) is 5.03. The highest BCUT2D eigenvalue weighted by atomic mass is 16.7. The van der Waals surface area contributed by atoms with Crippen LogP contribution in [0.3, 0.4) is 0 Å². The van der Waals surface area contributed by atoms with Crippen LogP contribution < -0.4 is 5.73 Å². The van der Waals surface area contributed by atoms with E-state index in [2.05, 4.69) is 11.8 Å². The molecule has 2 aliphatic heterocycles. The van der Waals surface area contributed by atoms with Crippen LogP contribution in [0.15, 0.2) is 0 Å². The topological polar surface area (TPSA) is 57.0 Å². The fourth-order valence-electron chi connectivity index (χ4n) is 3.92. The Labute approximate surface area is 121 Å². The maximum Gasteiger partial charge on any atom is 0.170 e. The summed E-state index contributed by atoms with van der Waals surface area (Å²) < 4.78 is 17.5. The molecule has 2 atom stereocenters. The molecule has 5 heteroatoms. The monoisotopic (exact) mass is 284 g/mol. The largest absolute Gasteiger partial charge is 0.378 e.